The van der Waals surface area contributed by atoms with E-state index in [2.05, 4.69) is 25.7 Å². The maximum Gasteiger partial charge on any atom is 0.120 e. The van der Waals surface area contributed by atoms with Gasteiger partial charge in [-0.1, -0.05) is 57.0 Å². The number of rotatable bonds is 11. The molecule has 2 nitrogen and oxygen atoms in total. The van der Waals surface area contributed by atoms with Crippen LogP contribution in [0.2, 0.25) is 0 Å². The van der Waals surface area contributed by atoms with Gasteiger partial charge in [-0.15, -0.1) is 0 Å². The minimum Gasteiger partial charge on any atom is -0.508 e. The quantitative estimate of drug-likeness (QED) is 0.312. The van der Waals surface area contributed by atoms with Crippen molar-refractivity contribution >= 4 is 5.76 Å². The lowest BCUT2D eigenvalue weighted by atomic mass is 10.1. The number of hydrogen-bond acceptors (Lipinski definition) is 2. The summed E-state index contributed by atoms with van der Waals surface area (Å²) >= 11 is 0. The Labute approximate surface area is 129 Å². The molecule has 0 saturated carbocycles. The summed E-state index contributed by atoms with van der Waals surface area (Å²) in [5.41, 5.74) is 0.708. The van der Waals surface area contributed by atoms with Gasteiger partial charge in [0.15, 0.2) is 0 Å². The number of ether oxygens (including phenoxy) is 1. The summed E-state index contributed by atoms with van der Waals surface area (Å²) in [7, 11) is 0. The van der Waals surface area contributed by atoms with E-state index in [1.54, 1.807) is 0 Å². The van der Waals surface area contributed by atoms with Crippen molar-refractivity contribution in [2.45, 2.75) is 51.9 Å². The first-order chi connectivity index (χ1) is 10.2. The van der Waals surface area contributed by atoms with E-state index in [0.717, 1.165) is 18.6 Å². The second kappa shape index (κ2) is 11.0. The molecule has 0 aromatic heterocycles. The Hall–Kier alpha value is -1.70. The summed E-state index contributed by atoms with van der Waals surface area (Å²) in [6.07, 6.45) is 13.1. The van der Waals surface area contributed by atoms with Crippen molar-refractivity contribution in [2.75, 3.05) is 6.61 Å². The molecule has 0 unspecified atom stereocenters. The van der Waals surface area contributed by atoms with Crippen LogP contribution in [-0.4, -0.2) is 11.7 Å². The number of unbranched alkanes of at least 4 members (excludes halogenated alkanes) is 5. The van der Waals surface area contributed by atoms with E-state index in [0.29, 0.717) is 12.2 Å². The Morgan fingerprint density at radius 3 is 2.62 bits per heavy atom. The molecule has 0 saturated heterocycles. The van der Waals surface area contributed by atoms with Gasteiger partial charge in [0.2, 0.25) is 0 Å². The molecule has 1 aromatic rings. The van der Waals surface area contributed by atoms with Crippen LogP contribution < -0.4 is 4.74 Å². The SMILES string of the molecule is C=C(O)c1cccc(OCCC/C=C\CCCCCC)c1. The second-order valence-corrected chi connectivity index (χ2v) is 5.29. The van der Waals surface area contributed by atoms with Crippen molar-refractivity contribution in [3.8, 4) is 5.75 Å². The minimum absolute atomic E-state index is 0.0754. The molecule has 0 heterocycles. The molecule has 0 aliphatic heterocycles. The van der Waals surface area contributed by atoms with E-state index >= 15 is 0 Å². The van der Waals surface area contributed by atoms with Crippen molar-refractivity contribution in [1.82, 2.24) is 0 Å². The Morgan fingerprint density at radius 1 is 1.14 bits per heavy atom. The molecule has 0 spiro atoms. The largest absolute Gasteiger partial charge is 0.508 e. The zero-order valence-corrected chi connectivity index (χ0v) is 13.2. The second-order valence-electron chi connectivity index (χ2n) is 5.29. The first-order valence-electron chi connectivity index (χ1n) is 8.00. The third-order valence-electron chi connectivity index (χ3n) is 3.34. The molecule has 116 valence electrons. The molecule has 0 aliphatic carbocycles. The van der Waals surface area contributed by atoms with Gasteiger partial charge in [0.25, 0.3) is 0 Å². The van der Waals surface area contributed by atoms with Crippen LogP contribution in [0.5, 0.6) is 5.75 Å². The monoisotopic (exact) mass is 288 g/mol. The van der Waals surface area contributed by atoms with Crippen molar-refractivity contribution in [1.29, 1.82) is 0 Å². The molecule has 0 bridgehead atoms. The smallest absolute Gasteiger partial charge is 0.120 e. The van der Waals surface area contributed by atoms with Crippen LogP contribution in [0.4, 0.5) is 0 Å². The molecule has 0 radical (unpaired) electrons. The molecule has 0 aliphatic rings. The van der Waals surface area contributed by atoms with Crippen LogP contribution in [0.3, 0.4) is 0 Å². The van der Waals surface area contributed by atoms with E-state index in [1.165, 1.54) is 32.1 Å². The highest BCUT2D eigenvalue weighted by atomic mass is 16.5. The van der Waals surface area contributed by atoms with Crippen LogP contribution in [0.1, 0.15) is 57.4 Å². The van der Waals surface area contributed by atoms with E-state index < -0.39 is 0 Å². The van der Waals surface area contributed by atoms with Crippen molar-refractivity contribution in [3.05, 3.63) is 48.6 Å². The fourth-order valence-electron chi connectivity index (χ4n) is 2.08. The highest BCUT2D eigenvalue weighted by Gasteiger charge is 1.98. The highest BCUT2D eigenvalue weighted by Crippen LogP contribution is 2.17. The lowest BCUT2D eigenvalue weighted by Gasteiger charge is -2.06. The molecule has 0 fully saturated rings. The molecule has 1 N–H and O–H groups in total. The summed E-state index contributed by atoms with van der Waals surface area (Å²) in [4.78, 5) is 0. The summed E-state index contributed by atoms with van der Waals surface area (Å²) < 4.78 is 5.67. The Balaban J connectivity index is 2.10. The van der Waals surface area contributed by atoms with Gasteiger partial charge in [0.05, 0.1) is 6.61 Å². The summed E-state index contributed by atoms with van der Waals surface area (Å²) in [5, 5.41) is 9.34. The zero-order chi connectivity index (χ0) is 15.3. The van der Waals surface area contributed by atoms with Crippen LogP contribution in [-0.2, 0) is 0 Å². The van der Waals surface area contributed by atoms with Gasteiger partial charge in [0, 0.05) is 5.56 Å². The maximum atomic E-state index is 9.34. The number of allylic oxidation sites excluding steroid dienone is 2. The van der Waals surface area contributed by atoms with Gasteiger partial charge in [0.1, 0.15) is 11.5 Å². The molecular weight excluding hydrogens is 260 g/mol. The number of benzene rings is 1. The standard InChI is InChI=1S/C19H28O2/c1-3-4-5-6-7-8-9-10-11-15-21-19-14-12-13-18(16-19)17(2)20/h8-9,12-14,16,20H,2-7,10-11,15H2,1H3/b9-8-. The van der Waals surface area contributed by atoms with Gasteiger partial charge in [-0.05, 0) is 37.8 Å². The van der Waals surface area contributed by atoms with E-state index in [1.807, 2.05) is 24.3 Å². The lowest BCUT2D eigenvalue weighted by molar-refractivity contribution is 0.312. The fraction of sp³-hybridized carbons (Fsp3) is 0.474. The van der Waals surface area contributed by atoms with E-state index in [-0.39, 0.29) is 5.76 Å². The van der Waals surface area contributed by atoms with Gasteiger partial charge in [-0.2, -0.15) is 0 Å². The predicted molar refractivity (Wildman–Crippen MR) is 90.7 cm³/mol. The summed E-state index contributed by atoms with van der Waals surface area (Å²) in [5.74, 6) is 0.859. The van der Waals surface area contributed by atoms with Crippen LogP contribution in [0, 0.1) is 0 Å². The average Bonchev–Trinajstić information content (AvgIpc) is 2.49. The van der Waals surface area contributed by atoms with Gasteiger partial charge in [-0.3, -0.25) is 0 Å². The van der Waals surface area contributed by atoms with E-state index in [9.17, 15) is 5.11 Å². The molecular formula is C19H28O2. The van der Waals surface area contributed by atoms with E-state index in [4.69, 9.17) is 4.74 Å². The molecule has 0 amide bonds. The molecule has 1 aromatic carbocycles. The van der Waals surface area contributed by atoms with Gasteiger partial charge < -0.3 is 9.84 Å². The predicted octanol–water partition coefficient (Wildman–Crippen LogP) is 5.90. The van der Waals surface area contributed by atoms with Crippen molar-refractivity contribution < 1.29 is 9.84 Å². The highest BCUT2D eigenvalue weighted by molar-refractivity contribution is 5.57. The Morgan fingerprint density at radius 2 is 1.90 bits per heavy atom. The number of hydrogen-bond donors (Lipinski definition) is 1. The van der Waals surface area contributed by atoms with Gasteiger partial charge >= 0.3 is 0 Å². The number of aliphatic hydroxyl groups excluding tert-OH is 1. The molecule has 0 atom stereocenters. The molecule has 21 heavy (non-hydrogen) atoms. The average molecular weight is 288 g/mol. The van der Waals surface area contributed by atoms with Crippen molar-refractivity contribution in [3.63, 3.8) is 0 Å². The van der Waals surface area contributed by atoms with Crippen LogP contribution >= 0.6 is 0 Å². The van der Waals surface area contributed by atoms with Crippen LogP contribution in [0.15, 0.2) is 43.0 Å². The first kappa shape index (κ1) is 17.4. The molecule has 1 rings (SSSR count). The summed E-state index contributed by atoms with van der Waals surface area (Å²) in [6, 6.07) is 7.39. The lowest BCUT2D eigenvalue weighted by Crippen LogP contribution is -1.97. The first-order valence-corrected chi connectivity index (χ1v) is 8.00. The number of aliphatic hydroxyl groups is 1. The fourth-order valence-corrected chi connectivity index (χ4v) is 2.08. The topological polar surface area (TPSA) is 29.5 Å². The zero-order valence-electron chi connectivity index (χ0n) is 13.2. The third kappa shape index (κ3) is 8.23. The Bertz CT molecular complexity index is 435. The minimum atomic E-state index is 0.0754. The van der Waals surface area contributed by atoms with Crippen molar-refractivity contribution in [2.24, 2.45) is 0 Å². The van der Waals surface area contributed by atoms with Crippen LogP contribution in [0.25, 0.3) is 5.76 Å². The maximum absolute atomic E-state index is 9.34. The third-order valence-corrected chi connectivity index (χ3v) is 3.34. The summed E-state index contributed by atoms with van der Waals surface area (Å²) in [6.45, 7) is 6.45. The molecule has 2 heteroatoms. The Kier molecular flexibility index (Phi) is 9.10. The van der Waals surface area contributed by atoms with Gasteiger partial charge in [-0.25, -0.2) is 0 Å². The normalized spacial score (nSPS) is 10.9.